The van der Waals surface area contributed by atoms with Gasteiger partial charge in [-0.1, -0.05) is 42.0 Å². The molecule has 0 fully saturated rings. The average molecular weight is 336 g/mol. The topological polar surface area (TPSA) is 40.5 Å². The van der Waals surface area contributed by atoms with Crippen LogP contribution in [0.4, 0.5) is 10.8 Å². The van der Waals surface area contributed by atoms with Crippen molar-refractivity contribution in [2.75, 3.05) is 24.4 Å². The Morgan fingerprint density at radius 3 is 2.42 bits per heavy atom. The van der Waals surface area contributed by atoms with Crippen molar-refractivity contribution < 1.29 is 0 Å². The molecule has 0 saturated heterocycles. The lowest BCUT2D eigenvalue weighted by atomic mass is 10.1. The molecular weight excluding hydrogens is 316 g/mol. The first kappa shape index (κ1) is 16.2. The van der Waals surface area contributed by atoms with E-state index in [-0.39, 0.29) is 0 Å². The largest absolute Gasteiger partial charge is 0.378 e. The van der Waals surface area contributed by atoms with Crippen LogP contribution < -0.4 is 10.3 Å². The molecular formula is C19H20N4S. The molecule has 1 heterocycles. The van der Waals surface area contributed by atoms with Crippen LogP contribution in [0.15, 0.2) is 59.0 Å². The molecule has 0 atom stereocenters. The van der Waals surface area contributed by atoms with Crippen molar-refractivity contribution in [3.63, 3.8) is 0 Å². The van der Waals surface area contributed by atoms with Gasteiger partial charge in [-0.25, -0.2) is 4.98 Å². The summed E-state index contributed by atoms with van der Waals surface area (Å²) in [4.78, 5) is 6.64. The van der Waals surface area contributed by atoms with Crippen LogP contribution in [0.3, 0.4) is 0 Å². The molecule has 0 radical (unpaired) electrons. The number of nitrogens with one attached hydrogen (secondary N) is 1. The van der Waals surface area contributed by atoms with Gasteiger partial charge >= 0.3 is 0 Å². The van der Waals surface area contributed by atoms with Gasteiger partial charge in [0.05, 0.1) is 11.9 Å². The zero-order chi connectivity index (χ0) is 16.9. The van der Waals surface area contributed by atoms with E-state index in [4.69, 9.17) is 0 Å². The third-order valence-electron chi connectivity index (χ3n) is 3.63. The molecule has 24 heavy (non-hydrogen) atoms. The van der Waals surface area contributed by atoms with E-state index < -0.39 is 0 Å². The third-order valence-corrected chi connectivity index (χ3v) is 4.38. The molecule has 4 nitrogen and oxygen atoms in total. The number of nitrogens with zero attached hydrogens (tertiary/aromatic N) is 3. The van der Waals surface area contributed by atoms with Gasteiger partial charge in [0.2, 0.25) is 5.13 Å². The van der Waals surface area contributed by atoms with E-state index in [1.807, 2.05) is 31.6 Å². The number of hydrogen-bond donors (Lipinski definition) is 1. The van der Waals surface area contributed by atoms with Gasteiger partial charge in [0.1, 0.15) is 0 Å². The van der Waals surface area contributed by atoms with Gasteiger partial charge in [-0.05, 0) is 24.6 Å². The van der Waals surface area contributed by atoms with Crippen molar-refractivity contribution >= 4 is 28.4 Å². The molecule has 3 aromatic rings. The Labute approximate surface area is 146 Å². The smallest absolute Gasteiger partial charge is 0.203 e. The van der Waals surface area contributed by atoms with Gasteiger partial charge in [0, 0.05) is 30.7 Å². The summed E-state index contributed by atoms with van der Waals surface area (Å²) < 4.78 is 0. The van der Waals surface area contributed by atoms with Crippen LogP contribution in [0.2, 0.25) is 0 Å². The summed E-state index contributed by atoms with van der Waals surface area (Å²) >= 11 is 1.55. The van der Waals surface area contributed by atoms with Gasteiger partial charge < -0.3 is 4.90 Å². The molecule has 1 N–H and O–H groups in total. The van der Waals surface area contributed by atoms with Crippen LogP contribution >= 0.6 is 11.3 Å². The minimum Gasteiger partial charge on any atom is -0.378 e. The van der Waals surface area contributed by atoms with E-state index in [0.717, 1.165) is 22.0 Å². The fourth-order valence-electron chi connectivity index (χ4n) is 2.20. The van der Waals surface area contributed by atoms with Gasteiger partial charge in [0.15, 0.2) is 0 Å². The number of rotatable bonds is 5. The summed E-state index contributed by atoms with van der Waals surface area (Å²) in [5.41, 5.74) is 8.54. The van der Waals surface area contributed by atoms with Crippen molar-refractivity contribution in [2.24, 2.45) is 5.10 Å². The first-order chi connectivity index (χ1) is 11.6. The van der Waals surface area contributed by atoms with E-state index in [2.05, 4.69) is 63.7 Å². The Bertz CT molecular complexity index is 817. The number of hydrazone groups is 1. The predicted molar refractivity (Wildman–Crippen MR) is 104 cm³/mol. The van der Waals surface area contributed by atoms with Crippen molar-refractivity contribution in [1.82, 2.24) is 4.98 Å². The molecule has 0 aliphatic heterocycles. The second-order valence-corrected chi connectivity index (χ2v) is 6.62. The van der Waals surface area contributed by atoms with Crippen LogP contribution in [0.1, 0.15) is 11.1 Å². The molecule has 3 rings (SSSR count). The first-order valence-electron chi connectivity index (χ1n) is 7.71. The van der Waals surface area contributed by atoms with Crippen LogP contribution in [0.5, 0.6) is 0 Å². The molecule has 2 aromatic carbocycles. The van der Waals surface area contributed by atoms with Gasteiger partial charge in [-0.3, -0.25) is 5.43 Å². The molecule has 0 amide bonds. The van der Waals surface area contributed by atoms with Crippen LogP contribution in [0, 0.1) is 6.92 Å². The Morgan fingerprint density at radius 2 is 1.75 bits per heavy atom. The van der Waals surface area contributed by atoms with Crippen LogP contribution in [0.25, 0.3) is 11.3 Å². The van der Waals surface area contributed by atoms with Crippen molar-refractivity contribution in [2.45, 2.75) is 6.92 Å². The lowest BCUT2D eigenvalue weighted by Crippen LogP contribution is -2.08. The maximum atomic E-state index is 4.57. The minimum atomic E-state index is 0.784. The SMILES string of the molecule is Cc1ccc(-c2csc(N/N=C\c3ccc(N(C)C)cc3)n2)cc1. The van der Waals surface area contributed by atoms with E-state index in [1.54, 1.807) is 17.6 Å². The Morgan fingerprint density at radius 1 is 1.04 bits per heavy atom. The average Bonchev–Trinajstić information content (AvgIpc) is 3.05. The van der Waals surface area contributed by atoms with Crippen molar-refractivity contribution in [3.05, 3.63) is 65.0 Å². The maximum Gasteiger partial charge on any atom is 0.203 e. The quantitative estimate of drug-likeness (QED) is 0.545. The number of aromatic nitrogens is 1. The monoisotopic (exact) mass is 336 g/mol. The second-order valence-electron chi connectivity index (χ2n) is 5.76. The molecule has 0 bridgehead atoms. The summed E-state index contributed by atoms with van der Waals surface area (Å²) in [6, 6.07) is 16.6. The standard InChI is InChI=1S/C19H20N4S/c1-14-4-8-16(9-5-14)18-13-24-19(21-18)22-20-12-15-6-10-17(11-7-15)23(2)3/h4-13H,1-3H3,(H,21,22)/b20-12-. The normalized spacial score (nSPS) is 11.0. The Hall–Kier alpha value is -2.66. The summed E-state index contributed by atoms with van der Waals surface area (Å²) in [5, 5.41) is 7.09. The van der Waals surface area contributed by atoms with Gasteiger partial charge in [0.25, 0.3) is 0 Å². The highest BCUT2D eigenvalue weighted by molar-refractivity contribution is 7.14. The fraction of sp³-hybridized carbons (Fsp3) is 0.158. The highest BCUT2D eigenvalue weighted by Crippen LogP contribution is 2.25. The summed E-state index contributed by atoms with van der Waals surface area (Å²) in [7, 11) is 4.05. The Kier molecular flexibility index (Phi) is 4.91. The first-order valence-corrected chi connectivity index (χ1v) is 8.59. The van der Waals surface area contributed by atoms with E-state index >= 15 is 0 Å². The van der Waals surface area contributed by atoms with Crippen LogP contribution in [-0.4, -0.2) is 25.3 Å². The highest BCUT2D eigenvalue weighted by atomic mass is 32.1. The molecule has 0 aliphatic carbocycles. The van der Waals surface area contributed by atoms with E-state index in [1.165, 1.54) is 11.3 Å². The summed E-state index contributed by atoms with van der Waals surface area (Å²) in [6.07, 6.45) is 1.80. The summed E-state index contributed by atoms with van der Waals surface area (Å²) in [6.45, 7) is 2.08. The number of hydrogen-bond acceptors (Lipinski definition) is 5. The van der Waals surface area contributed by atoms with E-state index in [0.29, 0.717) is 0 Å². The van der Waals surface area contributed by atoms with Crippen LogP contribution in [-0.2, 0) is 0 Å². The highest BCUT2D eigenvalue weighted by Gasteiger charge is 2.03. The lowest BCUT2D eigenvalue weighted by molar-refractivity contribution is 1.13. The van der Waals surface area contributed by atoms with E-state index in [9.17, 15) is 0 Å². The second kappa shape index (κ2) is 7.27. The molecule has 0 saturated carbocycles. The zero-order valence-corrected chi connectivity index (χ0v) is 14.8. The number of aryl methyl sites for hydroxylation is 1. The molecule has 1 aromatic heterocycles. The number of benzene rings is 2. The maximum absolute atomic E-state index is 4.57. The Balaban J connectivity index is 1.63. The minimum absolute atomic E-state index is 0.784. The molecule has 122 valence electrons. The molecule has 0 spiro atoms. The van der Waals surface area contributed by atoms with Crippen molar-refractivity contribution in [3.8, 4) is 11.3 Å². The van der Waals surface area contributed by atoms with Gasteiger partial charge in [-0.2, -0.15) is 5.10 Å². The van der Waals surface area contributed by atoms with Crippen molar-refractivity contribution in [1.29, 1.82) is 0 Å². The molecule has 0 aliphatic rings. The fourth-order valence-corrected chi connectivity index (χ4v) is 2.87. The lowest BCUT2D eigenvalue weighted by Gasteiger charge is -2.11. The summed E-state index contributed by atoms with van der Waals surface area (Å²) in [5.74, 6) is 0. The van der Waals surface area contributed by atoms with Gasteiger partial charge in [-0.15, -0.1) is 11.3 Å². The third kappa shape index (κ3) is 4.00. The zero-order valence-electron chi connectivity index (χ0n) is 14.0. The molecule has 0 unspecified atom stereocenters. The predicted octanol–water partition coefficient (Wildman–Crippen LogP) is 4.63. The number of anilines is 2. The number of thiazole rings is 1. The molecule has 5 heteroatoms.